The summed E-state index contributed by atoms with van der Waals surface area (Å²) in [6.07, 6.45) is 3.35. The highest BCUT2D eigenvalue weighted by Crippen LogP contribution is 2.32. The average Bonchev–Trinajstić information content (AvgIpc) is 2.64. The molecule has 0 aliphatic carbocycles. The van der Waals surface area contributed by atoms with Crippen LogP contribution in [0.3, 0.4) is 0 Å². The summed E-state index contributed by atoms with van der Waals surface area (Å²) >= 11 is 6.70. The van der Waals surface area contributed by atoms with Gasteiger partial charge in [0.2, 0.25) is 0 Å². The third-order valence-corrected chi connectivity index (χ3v) is 3.96. The van der Waals surface area contributed by atoms with Gasteiger partial charge in [0.05, 0.1) is 17.8 Å². The van der Waals surface area contributed by atoms with Crippen LogP contribution < -0.4 is 4.90 Å². The Hall–Kier alpha value is -1.53. The molecule has 0 atom stereocenters. The van der Waals surface area contributed by atoms with E-state index in [9.17, 15) is 9.59 Å². The van der Waals surface area contributed by atoms with Gasteiger partial charge in [-0.05, 0) is 45.8 Å². The van der Waals surface area contributed by atoms with Crippen LogP contribution in [0.1, 0.15) is 15.9 Å². The minimum atomic E-state index is -0.502. The number of benzene rings is 1. The van der Waals surface area contributed by atoms with Gasteiger partial charge in [0.15, 0.2) is 0 Å². The predicted molar refractivity (Wildman–Crippen MR) is 81.6 cm³/mol. The van der Waals surface area contributed by atoms with Crippen LogP contribution >= 0.6 is 31.9 Å². The van der Waals surface area contributed by atoms with Crippen LogP contribution in [0.4, 0.5) is 5.69 Å². The topological polar surface area (TPSA) is 50.3 Å². The van der Waals surface area contributed by atoms with E-state index < -0.39 is 11.7 Å². The van der Waals surface area contributed by atoms with Gasteiger partial charge < -0.3 is 4.90 Å². The Kier molecular flexibility index (Phi) is 3.43. The van der Waals surface area contributed by atoms with Crippen molar-refractivity contribution in [3.63, 3.8) is 0 Å². The lowest BCUT2D eigenvalue weighted by Crippen LogP contribution is -2.29. The predicted octanol–water partition coefficient (Wildman–Crippen LogP) is 3.34. The first-order chi connectivity index (χ1) is 9.56. The molecule has 0 N–H and O–H groups in total. The van der Waals surface area contributed by atoms with E-state index in [-0.39, 0.29) is 0 Å². The van der Waals surface area contributed by atoms with Gasteiger partial charge >= 0.3 is 0 Å². The molecule has 0 fully saturated rings. The lowest BCUT2D eigenvalue weighted by atomic mass is 10.1. The first-order valence-electron chi connectivity index (χ1n) is 5.81. The van der Waals surface area contributed by atoms with Gasteiger partial charge in [-0.25, -0.2) is 0 Å². The summed E-state index contributed by atoms with van der Waals surface area (Å²) in [6.45, 7) is 0.320. The zero-order chi connectivity index (χ0) is 14.3. The molecule has 20 heavy (non-hydrogen) atoms. The Labute approximate surface area is 132 Å². The molecule has 3 rings (SSSR count). The zero-order valence-corrected chi connectivity index (χ0v) is 13.3. The second-order valence-electron chi connectivity index (χ2n) is 4.39. The van der Waals surface area contributed by atoms with Crippen molar-refractivity contribution in [1.82, 2.24) is 4.98 Å². The van der Waals surface area contributed by atoms with Crippen molar-refractivity contribution in [1.29, 1.82) is 0 Å². The molecule has 6 heteroatoms. The first-order valence-corrected chi connectivity index (χ1v) is 7.40. The highest BCUT2D eigenvalue weighted by Gasteiger charge is 2.35. The molecule has 1 aliphatic heterocycles. The number of halogens is 2. The summed E-state index contributed by atoms with van der Waals surface area (Å²) in [6, 6.07) is 7.08. The summed E-state index contributed by atoms with van der Waals surface area (Å²) in [5, 5.41) is 0. The highest BCUT2D eigenvalue weighted by molar-refractivity contribution is 9.10. The standard InChI is InChI=1S/C14H8Br2N2O2/c15-9-1-2-11-12(4-9)18(14(20)13(11)19)7-8-3-10(16)6-17-5-8/h1-6H,7H2. The quantitative estimate of drug-likeness (QED) is 0.732. The molecule has 1 aromatic heterocycles. The molecule has 1 aromatic carbocycles. The first kappa shape index (κ1) is 13.5. The number of nitrogens with zero attached hydrogens (tertiary/aromatic N) is 2. The van der Waals surface area contributed by atoms with Crippen LogP contribution in [0.5, 0.6) is 0 Å². The maximum atomic E-state index is 12.1. The summed E-state index contributed by atoms with van der Waals surface area (Å²) in [4.78, 5) is 29.6. The molecule has 4 nitrogen and oxygen atoms in total. The Morgan fingerprint density at radius 2 is 1.85 bits per heavy atom. The Morgan fingerprint density at radius 3 is 2.60 bits per heavy atom. The summed E-state index contributed by atoms with van der Waals surface area (Å²) in [5.41, 5.74) is 1.93. The number of carbonyl (C=O) groups is 2. The number of hydrogen-bond donors (Lipinski definition) is 0. The molecule has 0 unspecified atom stereocenters. The van der Waals surface area contributed by atoms with Crippen molar-refractivity contribution in [2.75, 3.05) is 4.90 Å². The number of pyridine rings is 1. The van der Waals surface area contributed by atoms with E-state index >= 15 is 0 Å². The number of rotatable bonds is 2. The fourth-order valence-electron chi connectivity index (χ4n) is 2.15. The third-order valence-electron chi connectivity index (χ3n) is 3.04. The van der Waals surface area contributed by atoms with E-state index in [0.29, 0.717) is 17.8 Å². The van der Waals surface area contributed by atoms with Crippen LogP contribution in [0.15, 0.2) is 45.6 Å². The minimum absolute atomic E-state index is 0.320. The molecular weight excluding hydrogens is 388 g/mol. The summed E-state index contributed by atoms with van der Waals surface area (Å²) in [5.74, 6) is -0.964. The minimum Gasteiger partial charge on any atom is -0.300 e. The van der Waals surface area contributed by atoms with E-state index in [0.717, 1.165) is 14.5 Å². The van der Waals surface area contributed by atoms with E-state index in [1.54, 1.807) is 30.6 Å². The van der Waals surface area contributed by atoms with Crippen LogP contribution in [0.2, 0.25) is 0 Å². The van der Waals surface area contributed by atoms with Crippen LogP contribution in [-0.2, 0) is 11.3 Å². The van der Waals surface area contributed by atoms with Gasteiger partial charge in [-0.3, -0.25) is 14.6 Å². The number of Topliss-reactive ketones (excluding diaryl/α,β-unsaturated/α-hetero) is 1. The SMILES string of the molecule is O=C1C(=O)N(Cc2cncc(Br)c2)c2cc(Br)ccc21. The molecule has 2 aromatic rings. The molecular formula is C14H8Br2N2O2. The second-order valence-corrected chi connectivity index (χ2v) is 6.22. The number of amides is 1. The molecule has 0 radical (unpaired) electrons. The van der Waals surface area contributed by atoms with Gasteiger partial charge in [-0.2, -0.15) is 0 Å². The second kappa shape index (κ2) is 5.10. The molecule has 0 bridgehead atoms. The average molecular weight is 396 g/mol. The molecule has 0 saturated carbocycles. The lowest BCUT2D eigenvalue weighted by molar-refractivity contribution is -0.114. The zero-order valence-electron chi connectivity index (χ0n) is 10.1. The number of hydrogen-bond acceptors (Lipinski definition) is 3. The van der Waals surface area contributed by atoms with Crippen LogP contribution in [0, 0.1) is 0 Å². The van der Waals surface area contributed by atoms with Crippen molar-refractivity contribution in [3.8, 4) is 0 Å². The van der Waals surface area contributed by atoms with E-state index in [4.69, 9.17) is 0 Å². The number of fused-ring (bicyclic) bond motifs is 1. The smallest absolute Gasteiger partial charge is 0.299 e. The Morgan fingerprint density at radius 1 is 1.05 bits per heavy atom. The van der Waals surface area contributed by atoms with Gasteiger partial charge in [-0.1, -0.05) is 15.9 Å². The maximum Gasteiger partial charge on any atom is 0.299 e. The highest BCUT2D eigenvalue weighted by atomic mass is 79.9. The number of anilines is 1. The van der Waals surface area contributed by atoms with E-state index in [1.165, 1.54) is 4.90 Å². The largest absolute Gasteiger partial charge is 0.300 e. The molecule has 0 saturated heterocycles. The number of aromatic nitrogens is 1. The van der Waals surface area contributed by atoms with E-state index in [1.807, 2.05) is 6.07 Å². The lowest BCUT2D eigenvalue weighted by Gasteiger charge is -2.16. The monoisotopic (exact) mass is 394 g/mol. The Balaban J connectivity index is 2.01. The van der Waals surface area contributed by atoms with Crippen molar-refractivity contribution in [2.45, 2.75) is 6.54 Å². The van der Waals surface area contributed by atoms with Crippen molar-refractivity contribution >= 4 is 49.2 Å². The molecule has 1 amide bonds. The molecule has 0 spiro atoms. The fraction of sp³-hybridized carbons (Fsp3) is 0.0714. The number of carbonyl (C=O) groups excluding carboxylic acids is 2. The van der Waals surface area contributed by atoms with Gasteiger partial charge in [0.1, 0.15) is 0 Å². The van der Waals surface area contributed by atoms with Crippen molar-refractivity contribution in [2.24, 2.45) is 0 Å². The van der Waals surface area contributed by atoms with E-state index in [2.05, 4.69) is 36.8 Å². The van der Waals surface area contributed by atoms with Gasteiger partial charge in [0.25, 0.3) is 11.7 Å². The van der Waals surface area contributed by atoms with Gasteiger partial charge in [-0.15, -0.1) is 0 Å². The number of ketones is 1. The normalized spacial score (nSPS) is 13.8. The van der Waals surface area contributed by atoms with Crippen molar-refractivity contribution < 1.29 is 9.59 Å². The Bertz CT molecular complexity index is 731. The van der Waals surface area contributed by atoms with Gasteiger partial charge in [0, 0.05) is 21.3 Å². The van der Waals surface area contributed by atoms with Crippen molar-refractivity contribution in [3.05, 3.63) is 56.7 Å². The third kappa shape index (κ3) is 2.29. The van der Waals surface area contributed by atoms with Crippen LogP contribution in [-0.4, -0.2) is 16.7 Å². The molecule has 1 aliphatic rings. The maximum absolute atomic E-state index is 12.1. The summed E-state index contributed by atoms with van der Waals surface area (Å²) in [7, 11) is 0. The van der Waals surface area contributed by atoms with Crippen LogP contribution in [0.25, 0.3) is 0 Å². The summed E-state index contributed by atoms with van der Waals surface area (Å²) < 4.78 is 1.67. The fourth-order valence-corrected chi connectivity index (χ4v) is 2.91. The molecule has 100 valence electrons. The molecule has 2 heterocycles.